The second kappa shape index (κ2) is 9.10. The number of hydrogen-bond donors (Lipinski definition) is 2. The zero-order chi connectivity index (χ0) is 21.8. The van der Waals surface area contributed by atoms with Gasteiger partial charge in [0.15, 0.2) is 0 Å². The van der Waals surface area contributed by atoms with E-state index < -0.39 is 0 Å². The van der Waals surface area contributed by atoms with Crippen molar-refractivity contribution in [2.45, 2.75) is 13.8 Å². The molecule has 0 bridgehead atoms. The third-order valence-electron chi connectivity index (χ3n) is 4.85. The topological polar surface area (TPSA) is 66.9 Å². The monoisotopic (exact) mass is 472 g/mol. The van der Waals surface area contributed by atoms with Gasteiger partial charge in [0.25, 0.3) is 5.91 Å². The van der Waals surface area contributed by atoms with Crippen LogP contribution in [0.5, 0.6) is 0 Å². The summed E-state index contributed by atoms with van der Waals surface area (Å²) in [5.41, 5.74) is 6.32. The van der Waals surface area contributed by atoms with Crippen LogP contribution in [0.3, 0.4) is 0 Å². The Labute approximate surface area is 189 Å². The Hall–Kier alpha value is -3.51. The highest BCUT2D eigenvalue weighted by molar-refractivity contribution is 9.10. The molecule has 0 radical (unpaired) electrons. The van der Waals surface area contributed by atoms with E-state index in [1.807, 2.05) is 55.5 Å². The minimum atomic E-state index is -0.156. The number of anilines is 3. The molecule has 5 nitrogen and oxygen atoms in total. The lowest BCUT2D eigenvalue weighted by Crippen LogP contribution is -2.11. The Kier molecular flexibility index (Phi) is 6.09. The molecule has 4 aromatic rings. The van der Waals surface area contributed by atoms with Crippen molar-refractivity contribution in [2.75, 3.05) is 10.6 Å². The molecule has 154 valence electrons. The normalized spacial score (nSPS) is 10.5. The highest BCUT2D eigenvalue weighted by atomic mass is 79.9. The van der Waals surface area contributed by atoms with Crippen LogP contribution >= 0.6 is 15.9 Å². The summed E-state index contributed by atoms with van der Waals surface area (Å²) in [7, 11) is 0. The van der Waals surface area contributed by atoms with Gasteiger partial charge in [-0.05, 0) is 61.9 Å². The Morgan fingerprint density at radius 2 is 1.55 bits per heavy atom. The summed E-state index contributed by atoms with van der Waals surface area (Å²) in [6, 6.07) is 23.1. The minimum absolute atomic E-state index is 0.156. The molecular formula is C25H21BrN4O. The van der Waals surface area contributed by atoms with E-state index in [4.69, 9.17) is 0 Å². The molecule has 0 spiro atoms. The zero-order valence-electron chi connectivity index (χ0n) is 17.2. The molecule has 1 aromatic heterocycles. The predicted octanol–water partition coefficient (Wildman–Crippen LogP) is 6.52. The van der Waals surface area contributed by atoms with Gasteiger partial charge < -0.3 is 10.6 Å². The Morgan fingerprint density at radius 1 is 0.839 bits per heavy atom. The molecule has 0 aliphatic heterocycles. The highest BCUT2D eigenvalue weighted by Gasteiger charge is 2.08. The quantitative estimate of drug-likeness (QED) is 0.346. The van der Waals surface area contributed by atoms with Gasteiger partial charge in [-0.25, -0.2) is 9.97 Å². The van der Waals surface area contributed by atoms with Crippen molar-refractivity contribution in [1.82, 2.24) is 9.97 Å². The van der Waals surface area contributed by atoms with E-state index in [1.165, 1.54) is 5.56 Å². The number of nitrogens with one attached hydrogen (secondary N) is 2. The van der Waals surface area contributed by atoms with Crippen molar-refractivity contribution in [1.29, 1.82) is 0 Å². The molecule has 3 aromatic carbocycles. The van der Waals surface area contributed by atoms with Crippen molar-refractivity contribution in [3.63, 3.8) is 0 Å². The number of hydrogen-bond acceptors (Lipinski definition) is 4. The second-order valence-corrected chi connectivity index (χ2v) is 8.13. The number of aryl methyl sites for hydroxylation is 2. The van der Waals surface area contributed by atoms with Gasteiger partial charge in [0.1, 0.15) is 12.1 Å². The average molecular weight is 473 g/mol. The van der Waals surface area contributed by atoms with Gasteiger partial charge in [0.05, 0.1) is 5.69 Å². The fourth-order valence-electron chi connectivity index (χ4n) is 3.09. The first-order valence-electron chi connectivity index (χ1n) is 9.81. The first-order chi connectivity index (χ1) is 15.0. The van der Waals surface area contributed by atoms with Crippen LogP contribution in [-0.2, 0) is 0 Å². The standard InChI is InChI=1S/C25H21BrN4O/c1-16-3-5-18(6-4-16)23-14-24(28-15-27-23)29-20-9-7-19(8-10-20)25(31)30-21-11-12-22(26)17(2)13-21/h3-15H,1-2H3,(H,30,31)(H,27,28,29). The van der Waals surface area contributed by atoms with Gasteiger partial charge in [-0.3, -0.25) is 4.79 Å². The highest BCUT2D eigenvalue weighted by Crippen LogP contribution is 2.23. The molecule has 1 amide bonds. The van der Waals surface area contributed by atoms with Crippen LogP contribution in [0.2, 0.25) is 0 Å². The van der Waals surface area contributed by atoms with Crippen molar-refractivity contribution in [3.8, 4) is 11.3 Å². The van der Waals surface area contributed by atoms with E-state index in [1.54, 1.807) is 18.5 Å². The van der Waals surface area contributed by atoms with E-state index in [-0.39, 0.29) is 5.91 Å². The van der Waals surface area contributed by atoms with E-state index in [2.05, 4.69) is 55.6 Å². The lowest BCUT2D eigenvalue weighted by molar-refractivity contribution is 0.102. The SMILES string of the molecule is Cc1ccc(-c2cc(Nc3ccc(C(=O)Nc4ccc(Br)c(C)c4)cc3)ncn2)cc1. The number of nitrogens with zero attached hydrogens (tertiary/aromatic N) is 2. The molecule has 0 saturated carbocycles. The van der Waals surface area contributed by atoms with E-state index in [0.717, 1.165) is 32.7 Å². The maximum Gasteiger partial charge on any atom is 0.255 e. The van der Waals surface area contributed by atoms with Crippen LogP contribution in [0.15, 0.2) is 83.6 Å². The Morgan fingerprint density at radius 3 is 2.26 bits per heavy atom. The number of rotatable bonds is 5. The maximum atomic E-state index is 12.5. The van der Waals surface area contributed by atoms with Gasteiger partial charge in [-0.2, -0.15) is 0 Å². The molecule has 0 unspecified atom stereocenters. The lowest BCUT2D eigenvalue weighted by Gasteiger charge is -2.09. The maximum absolute atomic E-state index is 12.5. The number of amides is 1. The van der Waals surface area contributed by atoms with Gasteiger partial charge in [-0.15, -0.1) is 0 Å². The first-order valence-corrected chi connectivity index (χ1v) is 10.6. The molecule has 2 N–H and O–H groups in total. The molecule has 31 heavy (non-hydrogen) atoms. The van der Waals surface area contributed by atoms with Crippen LogP contribution < -0.4 is 10.6 Å². The molecule has 6 heteroatoms. The second-order valence-electron chi connectivity index (χ2n) is 7.27. The number of halogens is 1. The fourth-order valence-corrected chi connectivity index (χ4v) is 3.33. The van der Waals surface area contributed by atoms with Crippen LogP contribution in [0.1, 0.15) is 21.5 Å². The first kappa shape index (κ1) is 20.8. The molecule has 0 aliphatic carbocycles. The summed E-state index contributed by atoms with van der Waals surface area (Å²) in [6.45, 7) is 4.04. The van der Waals surface area contributed by atoms with Gasteiger partial charge in [0.2, 0.25) is 0 Å². The van der Waals surface area contributed by atoms with Gasteiger partial charge in [-0.1, -0.05) is 45.8 Å². The zero-order valence-corrected chi connectivity index (χ0v) is 18.8. The molecular weight excluding hydrogens is 452 g/mol. The van der Waals surface area contributed by atoms with E-state index in [0.29, 0.717) is 11.4 Å². The number of carbonyl (C=O) groups excluding carboxylic acids is 1. The Bertz CT molecular complexity index is 1220. The lowest BCUT2D eigenvalue weighted by atomic mass is 10.1. The predicted molar refractivity (Wildman–Crippen MR) is 129 cm³/mol. The van der Waals surface area contributed by atoms with E-state index in [9.17, 15) is 4.79 Å². The van der Waals surface area contributed by atoms with Crippen molar-refractivity contribution >= 4 is 39.0 Å². The third kappa shape index (κ3) is 5.16. The van der Waals surface area contributed by atoms with Crippen molar-refractivity contribution in [3.05, 3.63) is 100 Å². The van der Waals surface area contributed by atoms with Crippen LogP contribution in [-0.4, -0.2) is 15.9 Å². The molecule has 0 saturated heterocycles. The summed E-state index contributed by atoms with van der Waals surface area (Å²) in [5, 5.41) is 6.19. The number of aromatic nitrogens is 2. The summed E-state index contributed by atoms with van der Waals surface area (Å²) >= 11 is 3.47. The largest absolute Gasteiger partial charge is 0.340 e. The molecule has 0 aliphatic rings. The Balaban J connectivity index is 1.45. The summed E-state index contributed by atoms with van der Waals surface area (Å²) in [6.07, 6.45) is 1.54. The molecule has 1 heterocycles. The molecule has 0 fully saturated rings. The van der Waals surface area contributed by atoms with Gasteiger partial charge >= 0.3 is 0 Å². The van der Waals surface area contributed by atoms with E-state index >= 15 is 0 Å². The van der Waals surface area contributed by atoms with Crippen molar-refractivity contribution < 1.29 is 4.79 Å². The third-order valence-corrected chi connectivity index (χ3v) is 5.74. The summed E-state index contributed by atoms with van der Waals surface area (Å²) in [5.74, 6) is 0.532. The molecule has 4 rings (SSSR count). The van der Waals surface area contributed by atoms with Crippen LogP contribution in [0.25, 0.3) is 11.3 Å². The van der Waals surface area contributed by atoms with Crippen LogP contribution in [0, 0.1) is 13.8 Å². The number of carbonyl (C=O) groups is 1. The molecule has 0 atom stereocenters. The van der Waals surface area contributed by atoms with Crippen molar-refractivity contribution in [2.24, 2.45) is 0 Å². The van der Waals surface area contributed by atoms with Gasteiger partial charge in [0, 0.05) is 33.0 Å². The summed E-state index contributed by atoms with van der Waals surface area (Å²) < 4.78 is 1.01. The fraction of sp³-hybridized carbons (Fsp3) is 0.0800. The summed E-state index contributed by atoms with van der Waals surface area (Å²) in [4.78, 5) is 21.2. The van der Waals surface area contributed by atoms with Crippen LogP contribution in [0.4, 0.5) is 17.2 Å². The smallest absolute Gasteiger partial charge is 0.255 e. The minimum Gasteiger partial charge on any atom is -0.340 e. The average Bonchev–Trinajstić information content (AvgIpc) is 2.77. The number of benzene rings is 3.